The minimum atomic E-state index is -1.50. The number of likely N-dealkylation sites (tertiary alicyclic amines) is 1. The van der Waals surface area contributed by atoms with Gasteiger partial charge in [0.2, 0.25) is 5.91 Å². The number of nitrogens with one attached hydrogen (secondary N) is 3. The first-order valence-corrected chi connectivity index (χ1v) is 21.4. The molecule has 7 atom stereocenters. The molecule has 60 heavy (non-hydrogen) atoms. The number of nitrogens with zero attached hydrogens (tertiary/aromatic N) is 5. The van der Waals surface area contributed by atoms with Crippen LogP contribution in [0.4, 0.5) is 9.59 Å². The van der Waals surface area contributed by atoms with Crippen molar-refractivity contribution >= 4 is 39.9 Å². The smallest absolute Gasteiger partial charge is 0.407 e. The predicted molar refractivity (Wildman–Crippen MR) is 221 cm³/mol. The molecular weight excluding hydrogens is 765 g/mol. The molecule has 3 aliphatic heterocycles. The maximum absolute atomic E-state index is 13.6. The van der Waals surface area contributed by atoms with Crippen molar-refractivity contribution < 1.29 is 38.9 Å². The first-order valence-electron chi connectivity index (χ1n) is 21.4. The molecule has 9 rings (SSSR count). The van der Waals surface area contributed by atoms with E-state index >= 15 is 0 Å². The quantitative estimate of drug-likeness (QED) is 0.0677. The number of imidazole rings is 2. The highest BCUT2D eigenvalue weighted by atomic mass is 16.7. The highest BCUT2D eigenvalue weighted by Gasteiger charge is 2.61. The van der Waals surface area contributed by atoms with Crippen molar-refractivity contribution in [1.82, 2.24) is 35.2 Å². The number of carbonyl (C=O) groups excluding carboxylic acids is 3. The van der Waals surface area contributed by atoms with Gasteiger partial charge in [-0.05, 0) is 97.9 Å². The van der Waals surface area contributed by atoms with Crippen molar-refractivity contribution in [3.05, 3.63) is 72.4 Å². The number of hydroxylamine groups is 2. The van der Waals surface area contributed by atoms with Crippen LogP contribution >= 0.6 is 0 Å². The molecule has 5 heterocycles. The van der Waals surface area contributed by atoms with E-state index in [1.54, 1.807) is 11.2 Å². The summed E-state index contributed by atoms with van der Waals surface area (Å²) in [6.07, 6.45) is 5.25. The fourth-order valence-corrected chi connectivity index (χ4v) is 10.5. The first-order chi connectivity index (χ1) is 29.0. The second-order valence-corrected chi connectivity index (χ2v) is 17.5. The number of piperidine rings is 1. The number of rotatable bonds is 10. The number of hydrogen-bond donors (Lipinski definition) is 4. The Hall–Kier alpha value is -5.35. The third-order valence-electron chi connectivity index (χ3n) is 13.8. The van der Waals surface area contributed by atoms with E-state index in [2.05, 4.69) is 63.8 Å². The Labute approximate surface area is 348 Å². The van der Waals surface area contributed by atoms with Gasteiger partial charge in [0.25, 0.3) is 0 Å². The molecule has 2 aromatic heterocycles. The van der Waals surface area contributed by atoms with Crippen LogP contribution in [0.2, 0.25) is 0 Å². The number of ether oxygens (including phenoxy) is 2. The minimum absolute atomic E-state index is 0.0146. The SMILES string of the molecule is COC(=O)NC(C(=O)N1CCCC1c1ncc(-c2ccc(-c3ccc4c(ccc5[nH]c([C@@H]6[C@H]7CC[C@H](C7)N6[N+](O)(C(=O)[O-])C(C)C6CCOCC6)nc54)c3)cc2)[nH]1)C(C)C. The normalized spacial score (nSPS) is 24.3. The number of H-pyrrole nitrogens is 2. The van der Waals surface area contributed by atoms with Crippen LogP contribution in [0, 0.1) is 17.8 Å². The van der Waals surface area contributed by atoms with Gasteiger partial charge in [-0.3, -0.25) is 4.79 Å². The van der Waals surface area contributed by atoms with Crippen molar-refractivity contribution in [2.45, 2.75) is 95.9 Å². The molecule has 1 aliphatic carbocycles. The molecule has 5 aromatic rings. The third kappa shape index (κ3) is 6.90. The Morgan fingerprint density at radius 2 is 1.70 bits per heavy atom. The largest absolute Gasteiger partial charge is 0.494 e. The van der Waals surface area contributed by atoms with Gasteiger partial charge in [0, 0.05) is 31.1 Å². The van der Waals surface area contributed by atoms with Crippen LogP contribution in [0.3, 0.4) is 0 Å². The highest BCUT2D eigenvalue weighted by Crippen LogP contribution is 2.53. The van der Waals surface area contributed by atoms with E-state index in [9.17, 15) is 24.7 Å². The zero-order valence-electron chi connectivity index (χ0n) is 34.6. The Bertz CT molecular complexity index is 2410. The second kappa shape index (κ2) is 15.9. The van der Waals surface area contributed by atoms with Crippen LogP contribution in [0.25, 0.3) is 44.2 Å². The van der Waals surface area contributed by atoms with Crippen molar-refractivity contribution in [3.8, 4) is 22.4 Å². The van der Waals surface area contributed by atoms with E-state index in [0.717, 1.165) is 76.3 Å². The third-order valence-corrected chi connectivity index (χ3v) is 13.8. The number of carbonyl (C=O) groups is 3. The summed E-state index contributed by atoms with van der Waals surface area (Å²) in [5.74, 6) is 1.28. The number of fused-ring (bicyclic) bond motifs is 5. The van der Waals surface area contributed by atoms with Gasteiger partial charge < -0.3 is 39.6 Å². The molecule has 0 radical (unpaired) electrons. The molecule has 15 heteroatoms. The fourth-order valence-electron chi connectivity index (χ4n) is 10.5. The van der Waals surface area contributed by atoms with Gasteiger partial charge in [0.05, 0.1) is 42.1 Å². The lowest BCUT2D eigenvalue weighted by molar-refractivity contribution is -1.16. The standard InChI is InChI=1S/C45H54N8O7/c1-25(2)38(50-44(55)59-4)43(54)51-19-5-6-37(51)41-46-24-36(48-41)29-9-7-28(8-10-29)30-12-15-34-31(22-30)13-16-35-39(34)49-42(47-35)40-32-11-14-33(23-32)52(40)53(58,45(56)57)26(3)27-17-20-60-21-18-27/h7-10,12-13,15-16,22,24-27,32-33,37-38,40,58H,5-6,11,14,17-21,23H2,1-4H3,(H3-,46,47,48,49,50,55,56,57)/t26?,32-,33+,37?,38?,40-,53?/m0/s1. The van der Waals surface area contributed by atoms with Gasteiger partial charge in [-0.25, -0.2) is 14.8 Å². The lowest BCUT2D eigenvalue weighted by Gasteiger charge is -2.48. The maximum Gasteiger partial charge on any atom is 0.407 e. The van der Waals surface area contributed by atoms with Crippen LogP contribution in [0.1, 0.15) is 89.4 Å². The molecule has 4 fully saturated rings. The van der Waals surface area contributed by atoms with Crippen LogP contribution < -0.4 is 10.4 Å². The van der Waals surface area contributed by atoms with Gasteiger partial charge in [-0.15, -0.1) is 5.01 Å². The van der Waals surface area contributed by atoms with E-state index in [1.165, 1.54) is 7.11 Å². The molecule has 4 aliphatic rings. The Kier molecular flexibility index (Phi) is 10.6. The van der Waals surface area contributed by atoms with Crippen molar-refractivity contribution in [2.75, 3.05) is 26.9 Å². The zero-order chi connectivity index (χ0) is 41.9. The van der Waals surface area contributed by atoms with Gasteiger partial charge in [0.15, 0.2) is 0 Å². The minimum Gasteiger partial charge on any atom is -0.494 e. The van der Waals surface area contributed by atoms with Crippen LogP contribution in [-0.4, -0.2) is 103 Å². The van der Waals surface area contributed by atoms with Gasteiger partial charge in [0.1, 0.15) is 29.8 Å². The molecule has 1 saturated carbocycles. The van der Waals surface area contributed by atoms with E-state index in [-0.39, 0.29) is 35.7 Å². The van der Waals surface area contributed by atoms with Crippen molar-refractivity contribution in [3.63, 3.8) is 0 Å². The summed E-state index contributed by atoms with van der Waals surface area (Å²) in [4.78, 5) is 57.2. The summed E-state index contributed by atoms with van der Waals surface area (Å²) >= 11 is 0. The molecule has 2 bridgehead atoms. The Balaban J connectivity index is 0.943. The average Bonchev–Trinajstić information content (AvgIpc) is 4.13. The van der Waals surface area contributed by atoms with Gasteiger partial charge in [-0.2, -0.15) is 5.21 Å². The molecular formula is C45H54N8O7. The molecule has 15 nitrogen and oxygen atoms in total. The molecule has 0 spiro atoms. The summed E-state index contributed by atoms with van der Waals surface area (Å²) in [7, 11) is 1.29. The van der Waals surface area contributed by atoms with E-state index < -0.39 is 35.1 Å². The van der Waals surface area contributed by atoms with Crippen LogP contribution in [-0.2, 0) is 14.3 Å². The lowest BCUT2D eigenvalue weighted by Crippen LogP contribution is -2.72. The predicted octanol–water partition coefficient (Wildman–Crippen LogP) is 6.62. The number of alkyl carbamates (subject to hydrolysis) is 1. The van der Waals surface area contributed by atoms with Crippen LogP contribution in [0.15, 0.2) is 60.8 Å². The lowest BCUT2D eigenvalue weighted by atomic mass is 9.92. The van der Waals surface area contributed by atoms with E-state index in [1.807, 2.05) is 31.7 Å². The van der Waals surface area contributed by atoms with Gasteiger partial charge in [-0.1, -0.05) is 61.1 Å². The molecule has 3 amide bonds. The first kappa shape index (κ1) is 40.1. The monoisotopic (exact) mass is 818 g/mol. The number of benzene rings is 3. The summed E-state index contributed by atoms with van der Waals surface area (Å²) in [6.45, 7) is 7.32. The number of aromatic nitrogens is 4. The number of methoxy groups -OCH3 is 1. The van der Waals surface area contributed by atoms with E-state index in [0.29, 0.717) is 44.2 Å². The number of carboxylic acid groups (broad SMARTS) is 1. The molecule has 4 N–H and O–H groups in total. The summed E-state index contributed by atoms with van der Waals surface area (Å²) in [6, 6.07) is 16.7. The molecule has 4 unspecified atom stereocenters. The van der Waals surface area contributed by atoms with Crippen molar-refractivity contribution in [2.24, 2.45) is 17.8 Å². The number of hydrogen-bond acceptors (Lipinski definition) is 10. The Morgan fingerprint density at radius 1 is 0.950 bits per heavy atom. The van der Waals surface area contributed by atoms with E-state index in [4.69, 9.17) is 19.4 Å². The number of aromatic amines is 2. The zero-order valence-corrected chi connectivity index (χ0v) is 34.6. The molecule has 3 saturated heterocycles. The maximum atomic E-state index is 13.6. The number of amides is 3. The molecule has 316 valence electrons. The topological polar surface area (TPSA) is 189 Å². The average molecular weight is 819 g/mol. The summed E-state index contributed by atoms with van der Waals surface area (Å²) < 4.78 is 9.08. The highest BCUT2D eigenvalue weighted by molar-refractivity contribution is 6.05. The Morgan fingerprint density at radius 3 is 2.43 bits per heavy atom. The van der Waals surface area contributed by atoms with Gasteiger partial charge >= 0.3 is 12.2 Å². The summed E-state index contributed by atoms with van der Waals surface area (Å²) in [5, 5.41) is 31.6. The molecule has 3 aromatic carbocycles. The summed E-state index contributed by atoms with van der Waals surface area (Å²) in [5.41, 5.74) is 5.58. The second-order valence-electron chi connectivity index (χ2n) is 17.5. The fraction of sp³-hybridized carbons (Fsp3) is 0.489. The van der Waals surface area contributed by atoms with Crippen molar-refractivity contribution in [1.29, 1.82) is 0 Å². The van der Waals surface area contributed by atoms with Crippen LogP contribution in [0.5, 0.6) is 0 Å². The number of quaternary nitrogens is 1.